The van der Waals surface area contributed by atoms with Crippen LogP contribution in [-0.4, -0.2) is 72.2 Å². The van der Waals surface area contributed by atoms with Gasteiger partial charge in [-0.3, -0.25) is 24.4 Å². The number of H-pyrrole nitrogens is 2. The Morgan fingerprint density at radius 3 is 1.33 bits per heavy atom. The molecule has 0 saturated carbocycles. The van der Waals surface area contributed by atoms with E-state index in [0.717, 1.165) is 34.2 Å². The second-order valence-electron chi connectivity index (χ2n) is 25.4. The molecule has 0 aliphatic rings. The molecule has 0 atom stereocenters. The van der Waals surface area contributed by atoms with Gasteiger partial charge in [0, 0.05) is 79.1 Å². The molecule has 0 aromatic carbocycles. The van der Waals surface area contributed by atoms with Crippen molar-refractivity contribution in [2.24, 2.45) is 7.05 Å². The Bertz CT molecular complexity index is 3340. The average Bonchev–Trinajstić information content (AvgIpc) is 2.71. The van der Waals surface area contributed by atoms with E-state index < -0.39 is 0 Å². The summed E-state index contributed by atoms with van der Waals surface area (Å²) >= 11 is 0. The summed E-state index contributed by atoms with van der Waals surface area (Å²) in [5, 5.41) is 15.3. The first-order chi connectivity index (χ1) is 42.7. The van der Waals surface area contributed by atoms with Gasteiger partial charge < -0.3 is 20.4 Å². The van der Waals surface area contributed by atoms with Crippen LogP contribution < -0.4 is 16.0 Å². The van der Waals surface area contributed by atoms with Gasteiger partial charge in [-0.1, -0.05) is 130 Å². The van der Waals surface area contributed by atoms with E-state index in [1.807, 2.05) is 96.8 Å². The van der Waals surface area contributed by atoms with Gasteiger partial charge in [-0.25, -0.2) is 15.0 Å². The third-order valence-electron chi connectivity index (χ3n) is 14.0. The van der Waals surface area contributed by atoms with Crippen LogP contribution >= 0.6 is 0 Å². The van der Waals surface area contributed by atoms with Crippen LogP contribution in [0.3, 0.4) is 0 Å². The Morgan fingerprint density at radius 2 is 0.978 bits per heavy atom. The number of pyridine rings is 6. The Morgan fingerprint density at radius 1 is 0.473 bits per heavy atom. The van der Waals surface area contributed by atoms with E-state index in [9.17, 15) is 4.79 Å². The van der Waals surface area contributed by atoms with Crippen LogP contribution in [-0.2, 0) is 7.05 Å². The Balaban J connectivity index is 0.000000512. The number of hydrogen-bond acceptors (Lipinski definition) is 13. The van der Waals surface area contributed by atoms with Crippen LogP contribution in [0.1, 0.15) is 268 Å². The quantitative estimate of drug-likeness (QED) is 0.116. The molecule has 0 spiro atoms. The highest BCUT2D eigenvalue weighted by molar-refractivity contribution is 5.33. The molecule has 0 aliphatic heterocycles. The molecule has 16 nitrogen and oxygen atoms in total. The van der Waals surface area contributed by atoms with Crippen molar-refractivity contribution in [3.63, 3.8) is 0 Å². The molecule has 9 rings (SSSR count). The molecule has 0 unspecified atom stereocenters. The molecule has 0 bridgehead atoms. The number of aryl methyl sites for hydroxylation is 8. The summed E-state index contributed by atoms with van der Waals surface area (Å²) in [6, 6.07) is 24.1. The van der Waals surface area contributed by atoms with Crippen molar-refractivity contribution in [2.45, 2.75) is 226 Å². The zero-order valence-electron chi connectivity index (χ0n) is 60.6. The molecule has 0 fully saturated rings. The number of anilines is 1. The first-order valence-corrected chi connectivity index (χ1v) is 32.0. The topological polar surface area (TPSA) is 218 Å². The number of nitrogens with zero attached hydrogens (tertiary/aromatic N) is 11. The van der Waals surface area contributed by atoms with E-state index in [1.165, 1.54) is 56.0 Å². The van der Waals surface area contributed by atoms with Gasteiger partial charge in [0.05, 0.1) is 36.6 Å². The van der Waals surface area contributed by atoms with Gasteiger partial charge in [-0.2, -0.15) is 10.2 Å². The van der Waals surface area contributed by atoms with Gasteiger partial charge in [0.1, 0.15) is 11.6 Å². The maximum Gasteiger partial charge on any atom is 0.248 e. The lowest BCUT2D eigenvalue weighted by molar-refractivity contribution is 0.397. The van der Waals surface area contributed by atoms with Crippen LogP contribution in [0, 0.1) is 48.5 Å². The highest BCUT2D eigenvalue weighted by atomic mass is 16.5. The number of nitrogens with one attached hydrogen (secondary N) is 2. The number of imidazole rings is 1. The van der Waals surface area contributed by atoms with Gasteiger partial charge in [0.15, 0.2) is 0 Å². The van der Waals surface area contributed by atoms with E-state index in [2.05, 4.69) is 235 Å². The SMILES string of the molecule is CC(C)c1cc[nH]c(=O)c1.CC(C)c1ccnc(N)c1.CC(C)c1cnnn1C.COc1cc(C(C)C)ccn1.Cc1cc(C(C)C)cc(C)n1.Cc1cc(C(C)C)ccn1.Cc1cc(C(C)C)cnn1.Cc1cnccc1C(C)C.Cc1nc(C(C)C)c(C)[nH]1. The zero-order chi connectivity index (χ0) is 69.1. The lowest BCUT2D eigenvalue weighted by Gasteiger charge is -2.06. The normalized spacial score (nSPS) is 10.5. The Labute approximate surface area is 548 Å². The van der Waals surface area contributed by atoms with E-state index in [0.29, 0.717) is 65.0 Å². The van der Waals surface area contributed by atoms with Crippen molar-refractivity contribution in [1.82, 2.24) is 65.1 Å². The van der Waals surface area contributed by atoms with Crippen LogP contribution in [0.4, 0.5) is 5.82 Å². The van der Waals surface area contributed by atoms with Crippen molar-refractivity contribution in [3.05, 3.63) is 223 Å². The second kappa shape index (κ2) is 42.7. The third kappa shape index (κ3) is 33.4. The molecule has 4 N–H and O–H groups in total. The van der Waals surface area contributed by atoms with Gasteiger partial charge in [-0.15, -0.1) is 5.10 Å². The van der Waals surface area contributed by atoms with Gasteiger partial charge in [0.25, 0.3) is 0 Å². The molecule has 0 radical (unpaired) electrons. The summed E-state index contributed by atoms with van der Waals surface area (Å²) in [6.07, 6.45) is 14.4. The van der Waals surface area contributed by atoms with Crippen LogP contribution in [0.25, 0.3) is 0 Å². The average molecular weight is 1240 g/mol. The van der Waals surface area contributed by atoms with Crippen molar-refractivity contribution in [3.8, 4) is 5.88 Å². The number of nitrogen functional groups attached to an aromatic ring is 1. The second-order valence-corrected chi connectivity index (χ2v) is 25.4. The van der Waals surface area contributed by atoms with E-state index in [4.69, 9.17) is 10.5 Å². The minimum absolute atomic E-state index is 0.0220. The van der Waals surface area contributed by atoms with Crippen LogP contribution in [0.15, 0.2) is 127 Å². The largest absolute Gasteiger partial charge is 0.481 e. The summed E-state index contributed by atoms with van der Waals surface area (Å²) in [5.41, 5.74) is 23.7. The highest BCUT2D eigenvalue weighted by Gasteiger charge is 2.08. The first-order valence-electron chi connectivity index (χ1n) is 32.0. The van der Waals surface area contributed by atoms with E-state index >= 15 is 0 Å². The van der Waals surface area contributed by atoms with Crippen LogP contribution in [0.5, 0.6) is 5.88 Å². The van der Waals surface area contributed by atoms with E-state index in [-0.39, 0.29) is 5.56 Å². The maximum absolute atomic E-state index is 10.7. The smallest absolute Gasteiger partial charge is 0.248 e. The lowest BCUT2D eigenvalue weighted by atomic mass is 10.0. The van der Waals surface area contributed by atoms with E-state index in [1.54, 1.807) is 42.6 Å². The number of ether oxygens (including phenoxy) is 1. The number of aromatic nitrogens is 13. The predicted molar refractivity (Wildman–Crippen MR) is 381 cm³/mol. The Kier molecular flexibility index (Phi) is 37.9. The number of hydrogen-bond donors (Lipinski definition) is 3. The minimum Gasteiger partial charge on any atom is -0.481 e. The van der Waals surface area contributed by atoms with Crippen molar-refractivity contribution >= 4 is 5.82 Å². The van der Waals surface area contributed by atoms with Crippen molar-refractivity contribution in [2.75, 3.05) is 12.8 Å². The standard InChI is InChI=1S/C10H15N.C9H13NO.2C9H13N.C8H12N2.C8H14N2.C8H12N2.C8H11NO.C6H11N3/c1-7(2)10-5-8(3)11-9(4)6-10;1-7(2)8-4-5-10-9(6-8)11-3;1-7(2)9-4-5-10-6-8(9)3;1-7(2)9-4-5-10-8(3)6-9;1-6(2)8-4-7(3)10-9-5-8;1-5(2)8-6(3)9-7(4)10-8;1-6(2)7-3-4-10-8(9)5-7;1-6(2)7-3-4-9-8(10)5-7;1-5(2)6-4-7-8-9(6)3/h5-7H,1-4H3;4-7H,1-3H3;2*4-7H,1-3H3;4-6H,1-3H3;5H,1-4H3,(H,9,10);3-6H,1-2H3,(H2,9,10);3-6H,1-2H3,(H,9,10);4-5H,1-3H3. The molecule has 0 saturated heterocycles. The lowest BCUT2D eigenvalue weighted by Crippen LogP contribution is -2.04. The number of aromatic amines is 2. The number of methoxy groups -OCH3 is 1. The van der Waals surface area contributed by atoms with Crippen LogP contribution in [0.2, 0.25) is 0 Å². The molecule has 496 valence electrons. The molecule has 0 aliphatic carbocycles. The van der Waals surface area contributed by atoms with Gasteiger partial charge in [0.2, 0.25) is 11.4 Å². The summed E-state index contributed by atoms with van der Waals surface area (Å²) in [7, 11) is 3.54. The fraction of sp³-hybridized carbons (Fsp3) is 0.480. The first kappa shape index (κ1) is 80.7. The molecule has 0 amide bonds. The summed E-state index contributed by atoms with van der Waals surface area (Å²) in [4.78, 5) is 41.2. The fourth-order valence-corrected chi connectivity index (χ4v) is 8.62. The number of rotatable bonds is 10. The van der Waals surface area contributed by atoms with Gasteiger partial charge in [-0.05, 0) is 207 Å². The van der Waals surface area contributed by atoms with Crippen molar-refractivity contribution in [1.29, 1.82) is 0 Å². The maximum atomic E-state index is 10.7. The summed E-state index contributed by atoms with van der Waals surface area (Å²) in [6.45, 7) is 52.9. The molecule has 9 heterocycles. The third-order valence-corrected chi connectivity index (χ3v) is 14.0. The summed E-state index contributed by atoms with van der Waals surface area (Å²) in [5.74, 6) is 7.24. The van der Waals surface area contributed by atoms with Gasteiger partial charge >= 0.3 is 0 Å². The predicted octanol–water partition coefficient (Wildman–Crippen LogP) is 18.3. The monoisotopic (exact) mass is 1240 g/mol. The molecular formula is C75H114N14O2. The summed E-state index contributed by atoms with van der Waals surface area (Å²) < 4.78 is 6.79. The molecule has 16 heteroatoms. The molecule has 9 aromatic rings. The Hall–Kier alpha value is -8.27. The fourth-order valence-electron chi connectivity index (χ4n) is 8.62. The zero-order valence-corrected chi connectivity index (χ0v) is 60.6. The number of nitrogens with two attached hydrogens (primary N) is 1. The molecular weight excluding hydrogens is 1130 g/mol. The highest BCUT2D eigenvalue weighted by Crippen LogP contribution is 2.21. The minimum atomic E-state index is -0.0220. The molecule has 91 heavy (non-hydrogen) atoms. The van der Waals surface area contributed by atoms with Crippen molar-refractivity contribution < 1.29 is 4.74 Å². The molecule has 9 aromatic heterocycles.